The van der Waals surface area contributed by atoms with Gasteiger partial charge in [-0.2, -0.15) is 0 Å². The Labute approximate surface area is 254 Å². The third-order valence-corrected chi connectivity index (χ3v) is 9.84. The molecule has 226 valence electrons. The van der Waals surface area contributed by atoms with Gasteiger partial charge < -0.3 is 20.5 Å². The highest BCUT2D eigenvalue weighted by molar-refractivity contribution is 5.87. The van der Waals surface area contributed by atoms with Crippen LogP contribution in [-0.2, 0) is 33.1 Å². The van der Waals surface area contributed by atoms with E-state index in [1.165, 1.54) is 12.0 Å². The van der Waals surface area contributed by atoms with Crippen molar-refractivity contribution in [1.82, 2.24) is 15.5 Å². The molecule has 2 aliphatic carbocycles. The molecule has 7 nitrogen and oxygen atoms in total. The lowest BCUT2D eigenvalue weighted by atomic mass is 9.61. The van der Waals surface area contributed by atoms with Gasteiger partial charge in [-0.1, -0.05) is 91.0 Å². The molecule has 4 fully saturated rings. The van der Waals surface area contributed by atoms with E-state index in [9.17, 15) is 14.7 Å². The number of rotatable bonds is 12. The molecule has 2 heterocycles. The summed E-state index contributed by atoms with van der Waals surface area (Å²) in [5.41, 5.74) is 1.32. The number of carbonyl (C=O) groups is 2. The zero-order valence-corrected chi connectivity index (χ0v) is 24.7. The number of carbonyl (C=O) groups excluding carboxylic acids is 2. The first-order valence-electron chi connectivity index (χ1n) is 15.7. The van der Waals surface area contributed by atoms with E-state index in [4.69, 9.17) is 4.74 Å². The van der Waals surface area contributed by atoms with Crippen LogP contribution >= 0.6 is 0 Å². The van der Waals surface area contributed by atoms with Gasteiger partial charge in [0.2, 0.25) is 5.91 Å². The molecule has 3 aromatic rings. The normalized spacial score (nSPS) is 26.2. The lowest BCUT2D eigenvalue weighted by molar-refractivity contribution is -0.149. The van der Waals surface area contributed by atoms with Crippen molar-refractivity contribution in [2.75, 3.05) is 26.2 Å². The van der Waals surface area contributed by atoms with Gasteiger partial charge in [0.1, 0.15) is 6.61 Å². The van der Waals surface area contributed by atoms with Gasteiger partial charge in [-0.25, -0.2) is 0 Å². The summed E-state index contributed by atoms with van der Waals surface area (Å²) >= 11 is 0. The Kier molecular flexibility index (Phi) is 9.22. The van der Waals surface area contributed by atoms with E-state index in [0.29, 0.717) is 55.7 Å². The third-order valence-electron chi connectivity index (χ3n) is 9.84. The minimum atomic E-state index is -1.65. The van der Waals surface area contributed by atoms with Crippen LogP contribution in [0.3, 0.4) is 0 Å². The lowest BCUT2D eigenvalue weighted by Crippen LogP contribution is -2.59. The maximum Gasteiger partial charge on any atom is 0.256 e. The summed E-state index contributed by atoms with van der Waals surface area (Å²) in [4.78, 5) is 29.0. The van der Waals surface area contributed by atoms with Crippen molar-refractivity contribution in [2.45, 2.75) is 50.5 Å². The molecule has 43 heavy (non-hydrogen) atoms. The number of hydrogen-bond acceptors (Lipinski definition) is 5. The summed E-state index contributed by atoms with van der Waals surface area (Å²) in [6.45, 7) is 4.02. The van der Waals surface area contributed by atoms with Crippen LogP contribution in [0.1, 0.15) is 42.4 Å². The molecule has 2 bridgehead atoms. The molecule has 2 aliphatic heterocycles. The van der Waals surface area contributed by atoms with Crippen LogP contribution in [0.4, 0.5) is 0 Å². The fourth-order valence-corrected chi connectivity index (χ4v) is 7.58. The number of ether oxygens (including phenoxy) is 1. The quantitative estimate of drug-likeness (QED) is 0.298. The molecule has 0 radical (unpaired) electrons. The van der Waals surface area contributed by atoms with E-state index < -0.39 is 5.60 Å². The zero-order valence-electron chi connectivity index (χ0n) is 24.7. The molecule has 2 amide bonds. The van der Waals surface area contributed by atoms with Crippen LogP contribution < -0.4 is 10.6 Å². The average Bonchev–Trinajstić information content (AvgIpc) is 3.51. The largest absolute Gasteiger partial charge is 0.375 e. The van der Waals surface area contributed by atoms with Gasteiger partial charge in [-0.3, -0.25) is 14.5 Å². The predicted octanol–water partition coefficient (Wildman–Crippen LogP) is 4.26. The first-order chi connectivity index (χ1) is 21.0. The van der Waals surface area contributed by atoms with Crippen LogP contribution in [0.5, 0.6) is 0 Å². The molecule has 3 unspecified atom stereocenters. The van der Waals surface area contributed by atoms with Gasteiger partial charge >= 0.3 is 0 Å². The van der Waals surface area contributed by atoms with Crippen LogP contribution in [0.2, 0.25) is 0 Å². The first kappa shape index (κ1) is 29.5. The first-order valence-corrected chi connectivity index (χ1v) is 15.7. The SMILES string of the molecule is O=C(COCc1ccccc1)NC1CCC(C(O)(C(=O)NCC2[C@H]3C[C@H]2CN(Cc2ccccc2)C3)c2ccccc2)C1. The molecule has 2 saturated carbocycles. The van der Waals surface area contributed by atoms with E-state index in [0.717, 1.165) is 25.2 Å². The Hall–Kier alpha value is -3.52. The number of piperidine rings is 2. The fourth-order valence-electron chi connectivity index (χ4n) is 7.58. The van der Waals surface area contributed by atoms with Gasteiger partial charge in [0, 0.05) is 38.1 Å². The minimum absolute atomic E-state index is 0.0218. The summed E-state index contributed by atoms with van der Waals surface area (Å²) in [5, 5.41) is 18.4. The monoisotopic (exact) mass is 581 g/mol. The Balaban J connectivity index is 1.02. The van der Waals surface area contributed by atoms with E-state index in [1.54, 1.807) is 0 Å². The standard InChI is InChI=1S/C36H43N3O4/c40-34(25-43-24-27-12-6-2-7-13-27)38-32-17-16-31(19-32)36(42,30-14-8-3-9-15-30)35(41)37-20-33-28-18-29(33)23-39(22-28)21-26-10-4-1-5-11-26/h1-15,28-29,31-33,42H,16-25H2,(H,37,41)(H,38,40)/t28-,29-,31?,32?,36?/m0/s1. The number of amides is 2. The van der Waals surface area contributed by atoms with Crippen molar-refractivity contribution >= 4 is 11.8 Å². The summed E-state index contributed by atoms with van der Waals surface area (Å²) < 4.78 is 5.60. The smallest absolute Gasteiger partial charge is 0.256 e. The number of aliphatic hydroxyl groups is 1. The highest BCUT2D eigenvalue weighted by Gasteiger charge is 2.50. The van der Waals surface area contributed by atoms with Gasteiger partial charge in [0.15, 0.2) is 5.60 Å². The molecule has 0 aromatic heterocycles. The van der Waals surface area contributed by atoms with Gasteiger partial charge in [0.05, 0.1) is 6.61 Å². The summed E-state index contributed by atoms with van der Waals surface area (Å²) in [6, 6.07) is 29.6. The second kappa shape index (κ2) is 13.4. The van der Waals surface area contributed by atoms with Crippen LogP contribution in [0.15, 0.2) is 91.0 Å². The predicted molar refractivity (Wildman–Crippen MR) is 166 cm³/mol. The highest BCUT2D eigenvalue weighted by Crippen LogP contribution is 2.46. The number of nitrogens with one attached hydrogen (secondary N) is 2. The molecule has 3 N–H and O–H groups in total. The average molecular weight is 582 g/mol. The molecule has 5 atom stereocenters. The Morgan fingerprint density at radius 3 is 2.14 bits per heavy atom. The second-order valence-corrected chi connectivity index (χ2v) is 12.7. The zero-order chi connectivity index (χ0) is 29.6. The molecule has 7 heteroatoms. The van der Waals surface area contributed by atoms with E-state index in [1.807, 2.05) is 60.7 Å². The van der Waals surface area contributed by atoms with Crippen LogP contribution in [0.25, 0.3) is 0 Å². The van der Waals surface area contributed by atoms with E-state index in [2.05, 4.69) is 45.9 Å². The van der Waals surface area contributed by atoms with Gasteiger partial charge in [-0.05, 0) is 60.1 Å². The molecule has 2 saturated heterocycles. The van der Waals surface area contributed by atoms with Gasteiger partial charge in [-0.15, -0.1) is 0 Å². The van der Waals surface area contributed by atoms with Crippen molar-refractivity contribution in [1.29, 1.82) is 0 Å². The topological polar surface area (TPSA) is 90.9 Å². The number of fused-ring (bicyclic) bond motifs is 2. The fraction of sp³-hybridized carbons (Fsp3) is 0.444. The summed E-state index contributed by atoms with van der Waals surface area (Å²) in [6.07, 6.45) is 3.11. The second-order valence-electron chi connectivity index (χ2n) is 12.7. The Morgan fingerprint density at radius 2 is 1.47 bits per heavy atom. The molecule has 3 aromatic carbocycles. The van der Waals surface area contributed by atoms with E-state index in [-0.39, 0.29) is 30.4 Å². The maximum absolute atomic E-state index is 13.8. The molecular formula is C36H43N3O4. The summed E-state index contributed by atoms with van der Waals surface area (Å²) in [7, 11) is 0. The van der Waals surface area contributed by atoms with Crippen molar-refractivity contribution in [3.63, 3.8) is 0 Å². The highest BCUT2D eigenvalue weighted by atomic mass is 16.5. The van der Waals surface area contributed by atoms with Crippen molar-refractivity contribution in [2.24, 2.45) is 23.7 Å². The van der Waals surface area contributed by atoms with Crippen LogP contribution in [0, 0.1) is 23.7 Å². The van der Waals surface area contributed by atoms with E-state index >= 15 is 0 Å². The van der Waals surface area contributed by atoms with Gasteiger partial charge in [0.25, 0.3) is 5.91 Å². The molecule has 7 rings (SSSR count). The molecule has 4 aliphatic rings. The van der Waals surface area contributed by atoms with Crippen LogP contribution in [-0.4, -0.2) is 54.1 Å². The Bertz CT molecular complexity index is 1340. The molecular weight excluding hydrogens is 538 g/mol. The number of benzene rings is 3. The lowest BCUT2D eigenvalue weighted by Gasteiger charge is -2.54. The number of nitrogens with zero attached hydrogens (tertiary/aromatic N) is 1. The summed E-state index contributed by atoms with van der Waals surface area (Å²) in [5.74, 6) is 0.792. The number of hydrogen-bond donors (Lipinski definition) is 3. The van der Waals surface area contributed by atoms with Crippen molar-refractivity contribution < 1.29 is 19.4 Å². The Morgan fingerprint density at radius 1 is 0.837 bits per heavy atom. The van der Waals surface area contributed by atoms with Crippen molar-refractivity contribution in [3.05, 3.63) is 108 Å². The minimum Gasteiger partial charge on any atom is -0.375 e. The third kappa shape index (κ3) is 6.85. The molecule has 0 spiro atoms. The maximum atomic E-state index is 13.8. The van der Waals surface area contributed by atoms with Crippen molar-refractivity contribution in [3.8, 4) is 0 Å².